The first-order chi connectivity index (χ1) is 25.5. The lowest BCUT2D eigenvalue weighted by molar-refractivity contribution is 0.0281. The van der Waals surface area contributed by atoms with Crippen LogP contribution in [0.3, 0.4) is 0 Å². The van der Waals surface area contributed by atoms with Crippen molar-refractivity contribution in [3.05, 3.63) is 95.1 Å². The molecule has 1 heterocycles. The SMILES string of the molecule is COc1ccc([C@@H](O)[C@@H](C)Oc2ccc([C@H]3O[C@H](c4ccc(O[C@H](C)[C@H](O)c5ccc(OC)c(OC)c5)c(OC)c4)[C@@H](C)[C@H]3C)cc2OC)cc1OC. The van der Waals surface area contributed by atoms with Crippen LogP contribution >= 0.6 is 0 Å². The number of rotatable bonds is 16. The molecule has 1 aliphatic rings. The van der Waals surface area contributed by atoms with Crippen molar-refractivity contribution >= 4 is 0 Å². The molecule has 0 saturated carbocycles. The highest BCUT2D eigenvalue weighted by Gasteiger charge is 2.41. The van der Waals surface area contributed by atoms with E-state index < -0.39 is 24.4 Å². The van der Waals surface area contributed by atoms with Gasteiger partial charge in [0.05, 0.1) is 54.9 Å². The molecular weight excluding hydrogens is 680 g/mol. The summed E-state index contributed by atoms with van der Waals surface area (Å²) in [6.07, 6.45) is -3.49. The number of aliphatic hydroxyl groups excluding tert-OH is 2. The van der Waals surface area contributed by atoms with Crippen molar-refractivity contribution in [3.8, 4) is 46.0 Å². The van der Waals surface area contributed by atoms with E-state index in [0.29, 0.717) is 57.1 Å². The second kappa shape index (κ2) is 17.3. The molecule has 11 heteroatoms. The maximum atomic E-state index is 11.1. The highest BCUT2D eigenvalue weighted by Crippen LogP contribution is 2.51. The molecule has 8 atom stereocenters. The Bertz CT molecular complexity index is 1700. The van der Waals surface area contributed by atoms with Crippen LogP contribution in [0.15, 0.2) is 72.8 Å². The number of hydrogen-bond acceptors (Lipinski definition) is 11. The molecule has 4 aromatic carbocycles. The number of hydrogen-bond donors (Lipinski definition) is 2. The molecule has 0 radical (unpaired) electrons. The molecule has 0 bridgehead atoms. The Kier molecular flexibility index (Phi) is 12.9. The Morgan fingerprint density at radius 2 is 0.774 bits per heavy atom. The van der Waals surface area contributed by atoms with Crippen molar-refractivity contribution < 1.29 is 52.8 Å². The third kappa shape index (κ3) is 8.38. The lowest BCUT2D eigenvalue weighted by Crippen LogP contribution is -2.22. The highest BCUT2D eigenvalue weighted by atomic mass is 16.5. The standard InChI is InChI=1S/C42H52O11/c1-23-24(2)42(30-14-18-34(38(22-30)50-10)52-26(4)40(44)28-12-16-32(46-6)36(20-28)48-8)53-41(23)29-13-17-33(37(21-29)49-9)51-25(3)39(43)27-11-15-31(45-5)35(19-27)47-7/h11-26,39-44H,1-10H3/t23-,24+,25-,26-,39+,40+,41+,42+/m1/s1. The first-order valence-corrected chi connectivity index (χ1v) is 17.6. The monoisotopic (exact) mass is 732 g/mol. The van der Waals surface area contributed by atoms with Gasteiger partial charge >= 0.3 is 0 Å². The van der Waals surface area contributed by atoms with E-state index in [1.807, 2.05) is 36.4 Å². The third-order valence-electron chi connectivity index (χ3n) is 10.1. The van der Waals surface area contributed by atoms with Crippen LogP contribution in [0.4, 0.5) is 0 Å². The minimum atomic E-state index is -0.932. The van der Waals surface area contributed by atoms with E-state index in [-0.39, 0.29) is 24.0 Å². The Hall–Kier alpha value is -4.84. The van der Waals surface area contributed by atoms with Gasteiger partial charge in [0.15, 0.2) is 46.0 Å². The normalized spacial score (nSPS) is 20.5. The molecule has 0 aliphatic carbocycles. The maximum Gasteiger partial charge on any atom is 0.161 e. The topological polar surface area (TPSA) is 124 Å². The van der Waals surface area contributed by atoms with Crippen molar-refractivity contribution in [2.45, 2.75) is 64.3 Å². The predicted molar refractivity (Wildman–Crippen MR) is 200 cm³/mol. The number of benzene rings is 4. The molecule has 53 heavy (non-hydrogen) atoms. The Morgan fingerprint density at radius 3 is 1.11 bits per heavy atom. The fourth-order valence-electron chi connectivity index (χ4n) is 6.78. The third-order valence-corrected chi connectivity index (χ3v) is 10.1. The summed E-state index contributed by atoms with van der Waals surface area (Å²) in [6.45, 7) is 7.96. The molecular formula is C42H52O11. The van der Waals surface area contributed by atoms with E-state index in [9.17, 15) is 10.2 Å². The summed E-state index contributed by atoms with van der Waals surface area (Å²) in [5, 5.41) is 22.2. The molecule has 5 rings (SSSR count). The van der Waals surface area contributed by atoms with Crippen molar-refractivity contribution in [2.75, 3.05) is 42.7 Å². The van der Waals surface area contributed by atoms with Gasteiger partial charge in [0.25, 0.3) is 0 Å². The maximum absolute atomic E-state index is 11.1. The average molecular weight is 733 g/mol. The second-order valence-corrected chi connectivity index (χ2v) is 13.3. The minimum Gasteiger partial charge on any atom is -0.493 e. The van der Waals surface area contributed by atoms with Gasteiger partial charge in [-0.15, -0.1) is 0 Å². The van der Waals surface area contributed by atoms with Crippen LogP contribution in [-0.4, -0.2) is 65.1 Å². The van der Waals surface area contributed by atoms with Crippen molar-refractivity contribution in [1.82, 2.24) is 0 Å². The minimum absolute atomic E-state index is 0.167. The second-order valence-electron chi connectivity index (χ2n) is 13.3. The average Bonchev–Trinajstić information content (AvgIpc) is 3.49. The van der Waals surface area contributed by atoms with E-state index >= 15 is 0 Å². The van der Waals surface area contributed by atoms with Crippen LogP contribution in [0.2, 0.25) is 0 Å². The largest absolute Gasteiger partial charge is 0.493 e. The quantitative estimate of drug-likeness (QED) is 0.117. The fourth-order valence-corrected chi connectivity index (χ4v) is 6.78. The van der Waals surface area contributed by atoms with Crippen LogP contribution < -0.4 is 37.9 Å². The molecule has 0 amide bonds. The summed E-state index contributed by atoms with van der Waals surface area (Å²) in [7, 11) is 9.43. The van der Waals surface area contributed by atoms with Crippen molar-refractivity contribution in [3.63, 3.8) is 0 Å². The number of aliphatic hydroxyl groups is 2. The van der Waals surface area contributed by atoms with E-state index in [1.54, 1.807) is 92.9 Å². The van der Waals surface area contributed by atoms with Gasteiger partial charge < -0.3 is 52.8 Å². The van der Waals surface area contributed by atoms with Gasteiger partial charge in [0, 0.05) is 0 Å². The molecule has 0 aromatic heterocycles. The molecule has 1 saturated heterocycles. The summed E-state index contributed by atoms with van der Waals surface area (Å²) < 4.78 is 52.2. The highest BCUT2D eigenvalue weighted by molar-refractivity contribution is 5.48. The van der Waals surface area contributed by atoms with E-state index in [0.717, 1.165) is 11.1 Å². The fraction of sp³-hybridized carbons (Fsp3) is 0.429. The Morgan fingerprint density at radius 1 is 0.453 bits per heavy atom. The Balaban J connectivity index is 1.29. The first kappa shape index (κ1) is 39.4. The number of ether oxygens (including phenoxy) is 9. The predicted octanol–water partition coefficient (Wildman–Crippen LogP) is 7.82. The molecule has 2 N–H and O–H groups in total. The molecule has 4 aromatic rings. The summed E-state index contributed by atoms with van der Waals surface area (Å²) >= 11 is 0. The van der Waals surface area contributed by atoms with E-state index in [1.165, 1.54) is 0 Å². The summed E-state index contributed by atoms with van der Waals surface area (Å²) in [5.41, 5.74) is 3.18. The number of methoxy groups -OCH3 is 6. The lowest BCUT2D eigenvalue weighted by Gasteiger charge is -2.24. The summed E-state index contributed by atoms with van der Waals surface area (Å²) in [6, 6.07) is 22.1. The summed E-state index contributed by atoms with van der Waals surface area (Å²) in [4.78, 5) is 0. The van der Waals surface area contributed by atoms with Crippen LogP contribution in [0, 0.1) is 11.8 Å². The van der Waals surface area contributed by atoms with Gasteiger partial charge in [-0.1, -0.05) is 38.1 Å². The molecule has 1 fully saturated rings. The molecule has 0 spiro atoms. The molecule has 11 nitrogen and oxygen atoms in total. The van der Waals surface area contributed by atoms with Crippen LogP contribution in [-0.2, 0) is 4.74 Å². The Labute approximate surface area is 312 Å². The molecule has 1 aliphatic heterocycles. The zero-order chi connectivity index (χ0) is 38.4. The van der Waals surface area contributed by atoms with Crippen molar-refractivity contribution in [1.29, 1.82) is 0 Å². The van der Waals surface area contributed by atoms with Gasteiger partial charge in [0.2, 0.25) is 0 Å². The van der Waals surface area contributed by atoms with Gasteiger partial charge in [-0.2, -0.15) is 0 Å². The summed E-state index contributed by atoms with van der Waals surface area (Å²) in [5.74, 6) is 4.62. The van der Waals surface area contributed by atoms with Gasteiger partial charge in [0.1, 0.15) is 24.4 Å². The molecule has 286 valence electrons. The zero-order valence-electron chi connectivity index (χ0n) is 32.1. The molecule has 0 unspecified atom stereocenters. The lowest BCUT2D eigenvalue weighted by atomic mass is 9.85. The van der Waals surface area contributed by atoms with Crippen LogP contribution in [0.1, 0.15) is 74.4 Å². The van der Waals surface area contributed by atoms with E-state index in [2.05, 4.69) is 13.8 Å². The van der Waals surface area contributed by atoms with Gasteiger partial charge in [-0.25, -0.2) is 0 Å². The smallest absolute Gasteiger partial charge is 0.161 e. The van der Waals surface area contributed by atoms with Crippen molar-refractivity contribution in [2.24, 2.45) is 11.8 Å². The van der Waals surface area contributed by atoms with E-state index in [4.69, 9.17) is 42.6 Å². The zero-order valence-corrected chi connectivity index (χ0v) is 32.1. The van der Waals surface area contributed by atoms with Gasteiger partial charge in [-0.3, -0.25) is 0 Å². The van der Waals surface area contributed by atoms with Crippen LogP contribution in [0.5, 0.6) is 46.0 Å². The van der Waals surface area contributed by atoms with Gasteiger partial charge in [-0.05, 0) is 96.5 Å². The first-order valence-electron chi connectivity index (χ1n) is 17.6. The van der Waals surface area contributed by atoms with Crippen LogP contribution in [0.25, 0.3) is 0 Å².